The lowest BCUT2D eigenvalue weighted by Crippen LogP contribution is -2.37. The maximum atomic E-state index is 4.67. The Morgan fingerprint density at radius 1 is 1.28 bits per heavy atom. The summed E-state index contributed by atoms with van der Waals surface area (Å²) in [6.45, 7) is 15.3. The average Bonchev–Trinajstić information content (AvgIpc) is 2.73. The summed E-state index contributed by atoms with van der Waals surface area (Å²) < 4.78 is 0. The van der Waals surface area contributed by atoms with E-state index in [1.165, 1.54) is 26.1 Å². The zero-order valence-electron chi connectivity index (χ0n) is 12.5. The third kappa shape index (κ3) is 5.71. The molecule has 1 aliphatic rings. The van der Waals surface area contributed by atoms with Crippen molar-refractivity contribution in [3.8, 4) is 0 Å². The Hall–Kier alpha value is -0.770. The quantitative estimate of drug-likeness (QED) is 0.558. The summed E-state index contributed by atoms with van der Waals surface area (Å²) in [7, 11) is 0. The van der Waals surface area contributed by atoms with Crippen LogP contribution in [-0.4, -0.2) is 50.1 Å². The third-order valence-electron chi connectivity index (χ3n) is 3.19. The van der Waals surface area contributed by atoms with Crippen molar-refractivity contribution in [1.29, 1.82) is 0 Å². The van der Waals surface area contributed by atoms with Crippen molar-refractivity contribution >= 4 is 5.96 Å². The zero-order valence-corrected chi connectivity index (χ0v) is 12.5. The molecule has 0 aromatic carbocycles. The fourth-order valence-corrected chi connectivity index (χ4v) is 2.47. The van der Waals surface area contributed by atoms with Crippen molar-refractivity contribution in [3.63, 3.8) is 0 Å². The molecule has 0 amide bonds. The lowest BCUT2D eigenvalue weighted by molar-refractivity contribution is 0.288. The van der Waals surface area contributed by atoms with Crippen LogP contribution in [0.2, 0.25) is 0 Å². The maximum Gasteiger partial charge on any atom is 0.191 e. The smallest absolute Gasteiger partial charge is 0.191 e. The van der Waals surface area contributed by atoms with Gasteiger partial charge >= 0.3 is 0 Å². The van der Waals surface area contributed by atoms with E-state index < -0.39 is 0 Å². The van der Waals surface area contributed by atoms with Gasteiger partial charge in [0.25, 0.3) is 0 Å². The molecule has 0 bridgehead atoms. The fourth-order valence-electron chi connectivity index (χ4n) is 2.47. The van der Waals surface area contributed by atoms with Crippen LogP contribution in [0.1, 0.15) is 34.1 Å². The first-order valence-electron chi connectivity index (χ1n) is 7.40. The highest BCUT2D eigenvalue weighted by Crippen LogP contribution is 2.17. The number of aliphatic imine (C=N–C) groups is 1. The normalized spacial score (nSPS) is 20.2. The highest BCUT2D eigenvalue weighted by atomic mass is 15.2. The summed E-state index contributed by atoms with van der Waals surface area (Å²) >= 11 is 0. The molecule has 1 saturated heterocycles. The van der Waals surface area contributed by atoms with Crippen LogP contribution >= 0.6 is 0 Å². The third-order valence-corrected chi connectivity index (χ3v) is 3.19. The van der Waals surface area contributed by atoms with Crippen LogP contribution in [0, 0.1) is 11.8 Å². The lowest BCUT2D eigenvalue weighted by Gasteiger charge is -2.18. The summed E-state index contributed by atoms with van der Waals surface area (Å²) in [4.78, 5) is 7.24. The van der Waals surface area contributed by atoms with Crippen molar-refractivity contribution in [2.75, 3.05) is 39.3 Å². The number of hydrogen-bond acceptors (Lipinski definition) is 2. The molecule has 4 heteroatoms. The molecule has 0 radical (unpaired) electrons. The van der Waals surface area contributed by atoms with Gasteiger partial charge in [-0.15, -0.1) is 0 Å². The standard InChI is InChI=1S/C14H30N4/c1-5-15-14(16-6-2)17-9-13-7-8-18(11-13)10-12(3)4/h12-13H,5-11H2,1-4H3,(H2,15,16,17). The monoisotopic (exact) mass is 254 g/mol. The van der Waals surface area contributed by atoms with Crippen LogP contribution < -0.4 is 10.6 Å². The minimum absolute atomic E-state index is 0.732. The number of nitrogens with one attached hydrogen (secondary N) is 2. The summed E-state index contributed by atoms with van der Waals surface area (Å²) in [5.74, 6) is 2.46. The van der Waals surface area contributed by atoms with Crippen LogP contribution in [0.4, 0.5) is 0 Å². The molecule has 1 heterocycles. The van der Waals surface area contributed by atoms with E-state index in [2.05, 4.69) is 48.2 Å². The molecule has 1 atom stereocenters. The first kappa shape index (κ1) is 15.3. The molecule has 2 N–H and O–H groups in total. The van der Waals surface area contributed by atoms with Gasteiger partial charge in [-0.1, -0.05) is 13.8 Å². The van der Waals surface area contributed by atoms with Gasteiger partial charge in [0.2, 0.25) is 0 Å². The Balaban J connectivity index is 2.32. The van der Waals surface area contributed by atoms with Gasteiger partial charge in [-0.3, -0.25) is 4.99 Å². The van der Waals surface area contributed by atoms with Crippen LogP contribution in [0.3, 0.4) is 0 Å². The Labute approximate surface area is 112 Å². The largest absolute Gasteiger partial charge is 0.357 e. The molecule has 18 heavy (non-hydrogen) atoms. The molecule has 0 aliphatic carbocycles. The predicted octanol–water partition coefficient (Wildman–Crippen LogP) is 1.54. The molecule has 0 saturated carbocycles. The van der Waals surface area contributed by atoms with Gasteiger partial charge in [-0.2, -0.15) is 0 Å². The van der Waals surface area contributed by atoms with Crippen LogP contribution in [0.25, 0.3) is 0 Å². The minimum Gasteiger partial charge on any atom is -0.357 e. The number of guanidine groups is 1. The average molecular weight is 254 g/mol. The van der Waals surface area contributed by atoms with Crippen LogP contribution in [0.15, 0.2) is 4.99 Å². The van der Waals surface area contributed by atoms with Crippen LogP contribution in [-0.2, 0) is 0 Å². The second kappa shape index (κ2) is 8.35. The van der Waals surface area contributed by atoms with E-state index in [-0.39, 0.29) is 0 Å². The first-order valence-corrected chi connectivity index (χ1v) is 7.40. The molecule has 0 spiro atoms. The summed E-state index contributed by atoms with van der Waals surface area (Å²) in [5, 5.41) is 6.55. The van der Waals surface area contributed by atoms with E-state index in [1.807, 2.05) is 0 Å². The molecule has 0 aromatic heterocycles. The van der Waals surface area contributed by atoms with Crippen molar-refractivity contribution < 1.29 is 0 Å². The molecule has 1 aliphatic heterocycles. The highest BCUT2D eigenvalue weighted by Gasteiger charge is 2.22. The van der Waals surface area contributed by atoms with Crippen molar-refractivity contribution in [3.05, 3.63) is 0 Å². The summed E-state index contributed by atoms with van der Waals surface area (Å²) in [6.07, 6.45) is 1.29. The highest BCUT2D eigenvalue weighted by molar-refractivity contribution is 5.79. The maximum absolute atomic E-state index is 4.67. The zero-order chi connectivity index (χ0) is 13.4. The van der Waals surface area contributed by atoms with Gasteiger partial charge in [0.05, 0.1) is 0 Å². The molecular formula is C14H30N4. The van der Waals surface area contributed by atoms with Crippen molar-refractivity contribution in [2.45, 2.75) is 34.1 Å². The van der Waals surface area contributed by atoms with Gasteiger partial charge in [0, 0.05) is 32.7 Å². The van der Waals surface area contributed by atoms with E-state index >= 15 is 0 Å². The summed E-state index contributed by atoms with van der Waals surface area (Å²) in [6, 6.07) is 0. The Morgan fingerprint density at radius 3 is 2.50 bits per heavy atom. The Morgan fingerprint density at radius 2 is 1.94 bits per heavy atom. The van der Waals surface area contributed by atoms with E-state index in [0.29, 0.717) is 0 Å². The van der Waals surface area contributed by atoms with Crippen molar-refractivity contribution in [1.82, 2.24) is 15.5 Å². The number of nitrogens with zero attached hydrogens (tertiary/aromatic N) is 2. The van der Waals surface area contributed by atoms with Gasteiger partial charge in [-0.25, -0.2) is 0 Å². The molecular weight excluding hydrogens is 224 g/mol. The number of hydrogen-bond donors (Lipinski definition) is 2. The topological polar surface area (TPSA) is 39.7 Å². The fraction of sp³-hybridized carbons (Fsp3) is 0.929. The SMILES string of the molecule is CCNC(=NCC1CCN(CC(C)C)C1)NCC. The Bertz CT molecular complexity index is 242. The molecule has 1 unspecified atom stereocenters. The predicted molar refractivity (Wildman–Crippen MR) is 79.0 cm³/mol. The molecule has 0 aromatic rings. The van der Waals surface area contributed by atoms with E-state index in [9.17, 15) is 0 Å². The second-order valence-corrected chi connectivity index (χ2v) is 5.56. The van der Waals surface area contributed by atoms with E-state index in [1.54, 1.807) is 0 Å². The van der Waals surface area contributed by atoms with Crippen LogP contribution in [0.5, 0.6) is 0 Å². The van der Waals surface area contributed by atoms with Gasteiger partial charge in [0.1, 0.15) is 0 Å². The van der Waals surface area contributed by atoms with Gasteiger partial charge < -0.3 is 15.5 Å². The van der Waals surface area contributed by atoms with Crippen molar-refractivity contribution in [2.24, 2.45) is 16.8 Å². The molecule has 1 fully saturated rings. The first-order chi connectivity index (χ1) is 8.65. The summed E-state index contributed by atoms with van der Waals surface area (Å²) in [5.41, 5.74) is 0. The number of rotatable bonds is 6. The molecule has 4 nitrogen and oxygen atoms in total. The molecule has 106 valence electrons. The Kier molecular flexibility index (Phi) is 7.09. The van der Waals surface area contributed by atoms with E-state index in [4.69, 9.17) is 0 Å². The molecule has 1 rings (SSSR count). The van der Waals surface area contributed by atoms with Gasteiger partial charge in [-0.05, 0) is 38.6 Å². The number of likely N-dealkylation sites (tertiary alicyclic amines) is 1. The lowest BCUT2D eigenvalue weighted by atomic mass is 10.1. The second-order valence-electron chi connectivity index (χ2n) is 5.56. The van der Waals surface area contributed by atoms with E-state index in [0.717, 1.165) is 37.4 Å². The minimum atomic E-state index is 0.732. The van der Waals surface area contributed by atoms with Gasteiger partial charge in [0.15, 0.2) is 5.96 Å².